The van der Waals surface area contributed by atoms with E-state index in [1.165, 1.54) is 32.4 Å². The summed E-state index contributed by atoms with van der Waals surface area (Å²) in [5.41, 5.74) is -1.24. The predicted octanol–water partition coefficient (Wildman–Crippen LogP) is 5.08. The summed E-state index contributed by atoms with van der Waals surface area (Å²) in [5.74, 6) is -0.744. The molecular formula is C32H44N6O9. The number of benzene rings is 2. The highest BCUT2D eigenvalue weighted by atomic mass is 16.6. The fourth-order valence-corrected chi connectivity index (χ4v) is 4.80. The number of piperidine rings is 1. The zero-order valence-electron chi connectivity index (χ0n) is 28.0. The van der Waals surface area contributed by atoms with Gasteiger partial charge in [-0.05, 0) is 78.3 Å². The van der Waals surface area contributed by atoms with E-state index in [0.29, 0.717) is 34.9 Å². The van der Waals surface area contributed by atoms with Crippen molar-refractivity contribution in [3.8, 4) is 11.5 Å². The molecule has 0 spiro atoms. The van der Waals surface area contributed by atoms with Crippen molar-refractivity contribution in [3.05, 3.63) is 57.6 Å². The number of rotatable bonds is 9. The number of nitro groups is 1. The van der Waals surface area contributed by atoms with E-state index in [4.69, 9.17) is 24.4 Å². The summed E-state index contributed by atoms with van der Waals surface area (Å²) in [5, 5.41) is 29.9. The first kappa shape index (κ1) is 36.5. The van der Waals surface area contributed by atoms with Crippen molar-refractivity contribution in [2.75, 3.05) is 32.6 Å². The number of nitrogens with one attached hydrogen (secondary N) is 4. The second kappa shape index (κ2) is 15.1. The number of carbonyl (C=O) groups excluding carboxylic acids is 3. The van der Waals surface area contributed by atoms with Crippen LogP contribution in [0, 0.1) is 21.4 Å². The van der Waals surface area contributed by atoms with E-state index >= 15 is 0 Å². The lowest BCUT2D eigenvalue weighted by Crippen LogP contribution is -2.56. The number of ether oxygens (including phenoxy) is 4. The largest absolute Gasteiger partial charge is 0.493 e. The second-order valence-corrected chi connectivity index (χ2v) is 12.9. The predicted molar refractivity (Wildman–Crippen MR) is 174 cm³/mol. The van der Waals surface area contributed by atoms with Gasteiger partial charge in [-0.1, -0.05) is 6.07 Å². The Kier molecular flexibility index (Phi) is 11.8. The van der Waals surface area contributed by atoms with E-state index in [9.17, 15) is 24.5 Å². The lowest BCUT2D eigenvalue weighted by atomic mass is 9.91. The smallest absolute Gasteiger partial charge is 0.425 e. The Balaban J connectivity index is 1.92. The number of methoxy groups -OCH3 is 2. The zero-order valence-corrected chi connectivity index (χ0v) is 28.0. The minimum atomic E-state index is -1.06. The minimum Gasteiger partial charge on any atom is -0.493 e. The van der Waals surface area contributed by atoms with Gasteiger partial charge in [-0.15, -0.1) is 0 Å². The third kappa shape index (κ3) is 10.0. The topological polar surface area (TPSA) is 194 Å². The first-order valence-corrected chi connectivity index (χ1v) is 15.0. The van der Waals surface area contributed by atoms with Crippen LogP contribution in [0.5, 0.6) is 11.5 Å². The maximum Gasteiger partial charge on any atom is 0.425 e. The number of non-ortho nitro benzene ring substituents is 1. The summed E-state index contributed by atoms with van der Waals surface area (Å²) in [6, 6.07) is 8.44. The molecule has 0 saturated carbocycles. The lowest BCUT2D eigenvalue weighted by Gasteiger charge is -2.37. The highest BCUT2D eigenvalue weighted by molar-refractivity contribution is 6.09. The molecule has 15 heteroatoms. The summed E-state index contributed by atoms with van der Waals surface area (Å²) in [7, 11) is 3.01. The van der Waals surface area contributed by atoms with Crippen molar-refractivity contribution in [3.63, 3.8) is 0 Å². The summed E-state index contributed by atoms with van der Waals surface area (Å²) >= 11 is 0. The van der Waals surface area contributed by atoms with Crippen LogP contribution >= 0.6 is 0 Å². The molecule has 1 aliphatic heterocycles. The molecule has 2 unspecified atom stereocenters. The van der Waals surface area contributed by atoms with Gasteiger partial charge in [-0.3, -0.25) is 20.3 Å². The van der Waals surface area contributed by atoms with Gasteiger partial charge in [0.25, 0.3) is 11.6 Å². The molecule has 2 aromatic rings. The molecule has 15 nitrogen and oxygen atoms in total. The van der Waals surface area contributed by atoms with Crippen molar-refractivity contribution in [1.82, 2.24) is 15.5 Å². The molecule has 1 aliphatic rings. The summed E-state index contributed by atoms with van der Waals surface area (Å²) in [6.07, 6.45) is -1.70. The Morgan fingerprint density at radius 1 is 0.979 bits per heavy atom. The van der Waals surface area contributed by atoms with Crippen LogP contribution in [-0.2, 0) is 16.0 Å². The van der Waals surface area contributed by atoms with Crippen LogP contribution in [-0.4, -0.2) is 78.3 Å². The van der Waals surface area contributed by atoms with Gasteiger partial charge in [-0.2, -0.15) is 4.90 Å². The van der Waals surface area contributed by atoms with Crippen LogP contribution in [0.4, 0.5) is 21.0 Å². The summed E-state index contributed by atoms with van der Waals surface area (Å²) in [6.45, 7) is 10.6. The van der Waals surface area contributed by atoms with Crippen LogP contribution in [0.2, 0.25) is 0 Å². The van der Waals surface area contributed by atoms with E-state index in [-0.39, 0.29) is 35.9 Å². The van der Waals surface area contributed by atoms with Crippen LogP contribution in [0.3, 0.4) is 0 Å². The van der Waals surface area contributed by atoms with Crippen molar-refractivity contribution in [2.24, 2.45) is 5.92 Å². The molecule has 0 bridgehead atoms. The number of nitrogens with zero attached hydrogens (tertiary/aromatic N) is 2. The van der Waals surface area contributed by atoms with Crippen molar-refractivity contribution in [1.29, 1.82) is 5.41 Å². The number of hydrogen-bond acceptors (Lipinski definition) is 12. The first-order valence-electron chi connectivity index (χ1n) is 15.0. The molecule has 3 amide bonds. The molecule has 1 fully saturated rings. The molecule has 0 radical (unpaired) electrons. The SMILES string of the molecule is COc1ccc(CNC(=O)c2cc([N+](=O)[O-])ccc2NC2CCNCC2C(=N)N(C(=O)OC(C)(C)C)C(=O)OC(C)(C)C)cc1OC. The molecule has 4 N–H and O–H groups in total. The number of anilines is 1. The monoisotopic (exact) mass is 656 g/mol. The molecule has 0 aliphatic carbocycles. The number of nitro benzene ring substituents is 1. The molecule has 256 valence electrons. The maximum atomic E-state index is 13.5. The third-order valence-corrected chi connectivity index (χ3v) is 6.93. The Bertz CT molecular complexity index is 1470. The van der Waals surface area contributed by atoms with Gasteiger partial charge in [0.1, 0.15) is 17.0 Å². The quantitative estimate of drug-likeness (QED) is 0.122. The molecule has 47 heavy (non-hydrogen) atoms. The Morgan fingerprint density at radius 2 is 1.60 bits per heavy atom. The molecular weight excluding hydrogens is 612 g/mol. The molecule has 1 saturated heterocycles. The molecule has 1 heterocycles. The van der Waals surface area contributed by atoms with Gasteiger partial charge in [0.2, 0.25) is 0 Å². The van der Waals surface area contributed by atoms with Gasteiger partial charge in [0.15, 0.2) is 11.5 Å². The second-order valence-electron chi connectivity index (χ2n) is 12.9. The van der Waals surface area contributed by atoms with Crippen molar-refractivity contribution >= 4 is 35.3 Å². The molecule has 0 aromatic heterocycles. The fraction of sp³-hybridized carbons (Fsp3) is 0.500. The molecule has 2 atom stereocenters. The lowest BCUT2D eigenvalue weighted by molar-refractivity contribution is -0.384. The van der Waals surface area contributed by atoms with Crippen LogP contribution < -0.4 is 25.4 Å². The van der Waals surface area contributed by atoms with E-state index < -0.39 is 46.2 Å². The van der Waals surface area contributed by atoms with E-state index in [1.54, 1.807) is 59.7 Å². The minimum absolute atomic E-state index is 0.000342. The van der Waals surface area contributed by atoms with Gasteiger partial charge < -0.3 is 34.9 Å². The standard InChI is InChI=1S/C32H44N6O9/c1-31(2,3)46-29(40)37(30(41)47-32(4,5)6)27(33)22-18-34-14-13-24(22)36-23-11-10-20(38(42)43)16-21(23)28(39)35-17-19-9-12-25(44-7)26(15-19)45-8/h9-12,15-16,22,24,33-34,36H,13-14,17-18H2,1-8H3,(H,35,39). The van der Waals surface area contributed by atoms with Crippen LogP contribution in [0.25, 0.3) is 0 Å². The van der Waals surface area contributed by atoms with Crippen LogP contribution in [0.1, 0.15) is 63.9 Å². The number of imide groups is 1. The number of amidine groups is 1. The Hall–Kier alpha value is -4.92. The van der Waals surface area contributed by atoms with E-state index in [2.05, 4.69) is 16.0 Å². The zero-order chi connectivity index (χ0) is 35.1. The number of hydrogen-bond donors (Lipinski definition) is 4. The normalized spacial score (nSPS) is 16.3. The van der Waals surface area contributed by atoms with E-state index in [0.717, 1.165) is 0 Å². The highest BCUT2D eigenvalue weighted by Gasteiger charge is 2.41. The average Bonchev–Trinajstić information content (AvgIpc) is 2.98. The molecule has 2 aromatic carbocycles. The highest BCUT2D eigenvalue weighted by Crippen LogP contribution is 2.29. The molecule has 3 rings (SSSR count). The number of carbonyl (C=O) groups is 3. The third-order valence-electron chi connectivity index (χ3n) is 6.93. The van der Waals surface area contributed by atoms with Gasteiger partial charge in [0.05, 0.1) is 30.6 Å². The summed E-state index contributed by atoms with van der Waals surface area (Å²) < 4.78 is 21.5. The van der Waals surface area contributed by atoms with Crippen molar-refractivity contribution in [2.45, 2.75) is 71.8 Å². The Morgan fingerprint density at radius 3 is 2.15 bits per heavy atom. The van der Waals surface area contributed by atoms with Gasteiger partial charge in [0, 0.05) is 37.0 Å². The fourth-order valence-electron chi connectivity index (χ4n) is 4.80. The van der Waals surface area contributed by atoms with Crippen LogP contribution in [0.15, 0.2) is 36.4 Å². The van der Waals surface area contributed by atoms with Gasteiger partial charge >= 0.3 is 12.2 Å². The van der Waals surface area contributed by atoms with Gasteiger partial charge in [-0.25, -0.2) is 9.59 Å². The maximum absolute atomic E-state index is 13.5. The number of amides is 3. The first-order chi connectivity index (χ1) is 21.9. The Labute approximate surface area is 273 Å². The van der Waals surface area contributed by atoms with Crippen molar-refractivity contribution < 1.29 is 38.3 Å². The summed E-state index contributed by atoms with van der Waals surface area (Å²) in [4.78, 5) is 51.6. The average molecular weight is 657 g/mol. The van der Waals surface area contributed by atoms with E-state index in [1.807, 2.05) is 0 Å².